The molecule has 0 saturated heterocycles. The summed E-state index contributed by atoms with van der Waals surface area (Å²) in [6.07, 6.45) is 0.243. The fourth-order valence-corrected chi connectivity index (χ4v) is 5.33. The molecule has 0 aromatic heterocycles. The van der Waals surface area contributed by atoms with Crippen molar-refractivity contribution in [1.29, 1.82) is 0 Å². The van der Waals surface area contributed by atoms with Crippen LogP contribution in [-0.4, -0.2) is 13.9 Å². The molecule has 1 aliphatic rings. The summed E-state index contributed by atoms with van der Waals surface area (Å²) >= 11 is 1.40. The maximum absolute atomic E-state index is 13.8. The number of hydrogen-bond acceptors (Lipinski definition) is 5. The molecule has 1 unspecified atom stereocenters. The number of anilines is 2. The average Bonchev–Trinajstić information content (AvgIpc) is 3.12. The minimum absolute atomic E-state index is 0.193. The monoisotopic (exact) mass is 430 g/mol. The normalized spacial score (nSPS) is 15.6. The third-order valence-corrected chi connectivity index (χ3v) is 7.11. The number of fused-ring (bicyclic) bond motifs is 1. The zero-order valence-electron chi connectivity index (χ0n) is 15.3. The van der Waals surface area contributed by atoms with Gasteiger partial charge in [-0.15, -0.1) is 11.8 Å². The summed E-state index contributed by atoms with van der Waals surface area (Å²) < 4.78 is 47.7. The van der Waals surface area contributed by atoms with Gasteiger partial charge in [0.25, 0.3) is 10.0 Å². The van der Waals surface area contributed by atoms with Crippen LogP contribution in [0.25, 0.3) is 0 Å². The van der Waals surface area contributed by atoms with Crippen molar-refractivity contribution in [3.05, 3.63) is 83.7 Å². The number of benzene rings is 3. The summed E-state index contributed by atoms with van der Waals surface area (Å²) in [6, 6.07) is 18.7. The molecular weight excluding hydrogens is 411 g/mol. The smallest absolute Gasteiger partial charge is 0.271 e. The highest BCUT2D eigenvalue weighted by Crippen LogP contribution is 2.34. The average molecular weight is 431 g/mol. The molecule has 150 valence electrons. The van der Waals surface area contributed by atoms with Crippen LogP contribution < -0.4 is 15.2 Å². The van der Waals surface area contributed by atoms with Crippen LogP contribution in [0.1, 0.15) is 11.1 Å². The predicted octanol–water partition coefficient (Wildman–Crippen LogP) is 4.40. The van der Waals surface area contributed by atoms with E-state index < -0.39 is 21.3 Å². The van der Waals surface area contributed by atoms with Gasteiger partial charge in [0.2, 0.25) is 5.44 Å². The Morgan fingerprint density at radius 1 is 1.10 bits per heavy atom. The lowest BCUT2D eigenvalue weighted by molar-refractivity contribution is 0.307. The van der Waals surface area contributed by atoms with Crippen molar-refractivity contribution in [2.45, 2.75) is 22.5 Å². The fraction of sp³-hybridized carbons (Fsp3) is 0.143. The van der Waals surface area contributed by atoms with Crippen LogP contribution in [0.2, 0.25) is 0 Å². The van der Waals surface area contributed by atoms with Crippen molar-refractivity contribution in [2.24, 2.45) is 0 Å². The van der Waals surface area contributed by atoms with Crippen molar-refractivity contribution in [3.8, 4) is 5.75 Å². The van der Waals surface area contributed by atoms with Gasteiger partial charge in [0.15, 0.2) is 0 Å². The number of nitrogen functional groups attached to an aromatic ring is 1. The van der Waals surface area contributed by atoms with Crippen LogP contribution in [-0.2, 0) is 22.2 Å². The zero-order chi connectivity index (χ0) is 20.4. The van der Waals surface area contributed by atoms with Gasteiger partial charge in [-0.3, -0.25) is 4.72 Å². The summed E-state index contributed by atoms with van der Waals surface area (Å²) in [5, 5.41) is 0. The van der Waals surface area contributed by atoms with E-state index in [1.165, 1.54) is 23.9 Å². The van der Waals surface area contributed by atoms with Gasteiger partial charge in [-0.25, -0.2) is 12.8 Å². The number of sulfonamides is 1. The Morgan fingerprint density at radius 2 is 1.93 bits per heavy atom. The lowest BCUT2D eigenvalue weighted by Crippen LogP contribution is -2.31. The van der Waals surface area contributed by atoms with Gasteiger partial charge in [0.05, 0.1) is 5.69 Å². The lowest BCUT2D eigenvalue weighted by atomic mass is 10.2. The molecule has 0 bridgehead atoms. The van der Waals surface area contributed by atoms with Crippen molar-refractivity contribution in [2.75, 3.05) is 10.5 Å². The topological polar surface area (TPSA) is 81.4 Å². The molecule has 3 aromatic carbocycles. The Labute approximate surface area is 173 Å². The number of thioether (sulfide) groups is 1. The van der Waals surface area contributed by atoms with Crippen LogP contribution in [0.15, 0.2) is 71.6 Å². The number of rotatable bonds is 6. The summed E-state index contributed by atoms with van der Waals surface area (Å²) in [5.41, 5.74) is 7.41. The van der Waals surface area contributed by atoms with Gasteiger partial charge in [0.1, 0.15) is 11.6 Å². The molecule has 1 aliphatic heterocycles. The highest BCUT2D eigenvalue weighted by atomic mass is 32.2. The van der Waals surface area contributed by atoms with Gasteiger partial charge in [-0.05, 0) is 47.5 Å². The van der Waals surface area contributed by atoms with E-state index in [-0.39, 0.29) is 12.1 Å². The predicted molar refractivity (Wildman–Crippen MR) is 114 cm³/mol. The SMILES string of the molecule is Nc1cccc(CSc2ccc(F)cc2NS(=O)(=O)C2Cc3ccccc3O2)c1. The Kier molecular flexibility index (Phi) is 5.38. The van der Waals surface area contributed by atoms with Crippen LogP contribution >= 0.6 is 11.8 Å². The van der Waals surface area contributed by atoms with E-state index in [0.29, 0.717) is 22.1 Å². The van der Waals surface area contributed by atoms with Crippen molar-refractivity contribution in [3.63, 3.8) is 0 Å². The Balaban J connectivity index is 1.53. The number of halogens is 1. The molecule has 29 heavy (non-hydrogen) atoms. The minimum atomic E-state index is -3.88. The second kappa shape index (κ2) is 7.96. The summed E-state index contributed by atoms with van der Waals surface area (Å²) in [6.45, 7) is 0. The van der Waals surface area contributed by atoms with E-state index in [0.717, 1.165) is 11.1 Å². The van der Waals surface area contributed by atoms with Crippen molar-refractivity contribution in [1.82, 2.24) is 0 Å². The third kappa shape index (κ3) is 4.49. The molecule has 5 nitrogen and oxygen atoms in total. The van der Waals surface area contributed by atoms with Crippen LogP contribution in [0, 0.1) is 5.82 Å². The number of nitrogens with one attached hydrogen (secondary N) is 1. The summed E-state index contributed by atoms with van der Waals surface area (Å²) in [7, 11) is -3.88. The molecule has 4 rings (SSSR count). The highest BCUT2D eigenvalue weighted by Gasteiger charge is 2.34. The number of para-hydroxylation sites is 1. The molecule has 0 spiro atoms. The minimum Gasteiger partial charge on any atom is -0.472 e. The molecule has 0 amide bonds. The Bertz CT molecular complexity index is 1130. The maximum Gasteiger partial charge on any atom is 0.271 e. The number of nitrogens with two attached hydrogens (primary N) is 1. The number of ether oxygens (including phenoxy) is 1. The molecule has 0 radical (unpaired) electrons. The number of hydrogen-bond donors (Lipinski definition) is 2. The molecule has 3 N–H and O–H groups in total. The van der Waals surface area contributed by atoms with E-state index in [4.69, 9.17) is 10.5 Å². The van der Waals surface area contributed by atoms with Gasteiger partial charge in [-0.1, -0.05) is 30.3 Å². The maximum atomic E-state index is 13.8. The Hall–Kier alpha value is -2.71. The first-order valence-electron chi connectivity index (χ1n) is 8.94. The molecule has 0 fully saturated rings. The van der Waals surface area contributed by atoms with Crippen LogP contribution in [0.4, 0.5) is 15.8 Å². The van der Waals surface area contributed by atoms with Crippen LogP contribution in [0.5, 0.6) is 5.75 Å². The molecule has 0 saturated carbocycles. The van der Waals surface area contributed by atoms with Gasteiger partial charge >= 0.3 is 0 Å². The van der Waals surface area contributed by atoms with Gasteiger partial charge in [0, 0.05) is 22.8 Å². The van der Waals surface area contributed by atoms with E-state index in [1.54, 1.807) is 24.3 Å². The summed E-state index contributed by atoms with van der Waals surface area (Å²) in [4.78, 5) is 0.618. The molecule has 1 heterocycles. The van der Waals surface area contributed by atoms with Crippen LogP contribution in [0.3, 0.4) is 0 Å². The highest BCUT2D eigenvalue weighted by molar-refractivity contribution is 7.98. The summed E-state index contributed by atoms with van der Waals surface area (Å²) in [5.74, 6) is 0.599. The lowest BCUT2D eigenvalue weighted by Gasteiger charge is -2.16. The van der Waals surface area contributed by atoms with Crippen molar-refractivity contribution >= 4 is 33.2 Å². The van der Waals surface area contributed by atoms with Gasteiger partial charge < -0.3 is 10.5 Å². The first kappa shape index (κ1) is 19.6. The second-order valence-corrected chi connectivity index (χ2v) is 9.52. The van der Waals surface area contributed by atoms with E-state index in [2.05, 4.69) is 4.72 Å². The van der Waals surface area contributed by atoms with Gasteiger partial charge in [-0.2, -0.15) is 0 Å². The molecule has 0 aliphatic carbocycles. The largest absolute Gasteiger partial charge is 0.472 e. The molecule has 3 aromatic rings. The standard InChI is InChI=1S/C21H19FN2O3S2/c22-16-8-9-20(28-13-14-4-3-6-17(23)10-14)18(12-16)24-29(25,26)21-11-15-5-1-2-7-19(15)27-21/h1-10,12,21,24H,11,13,23H2. The van der Waals surface area contributed by atoms with E-state index >= 15 is 0 Å². The first-order chi connectivity index (χ1) is 13.9. The fourth-order valence-electron chi connectivity index (χ4n) is 3.09. The first-order valence-corrected chi connectivity index (χ1v) is 11.5. The zero-order valence-corrected chi connectivity index (χ0v) is 17.0. The van der Waals surface area contributed by atoms with E-state index in [1.807, 2.05) is 30.3 Å². The molecule has 1 atom stereocenters. The van der Waals surface area contributed by atoms with Crippen molar-refractivity contribution < 1.29 is 17.5 Å². The second-order valence-electron chi connectivity index (χ2n) is 6.68. The molecule has 8 heteroatoms. The van der Waals surface area contributed by atoms with E-state index in [9.17, 15) is 12.8 Å². The Morgan fingerprint density at radius 3 is 2.72 bits per heavy atom. The third-order valence-electron chi connectivity index (χ3n) is 4.50. The quantitative estimate of drug-likeness (QED) is 0.447. The molecular formula is C21H19FN2O3S2.